The molecular formula is C62H104N2. The summed E-state index contributed by atoms with van der Waals surface area (Å²) in [5.74, 6) is 0. The van der Waals surface area contributed by atoms with Crippen molar-refractivity contribution in [3.8, 4) is 0 Å². The highest BCUT2D eigenvalue weighted by molar-refractivity contribution is 5.83. The quantitative estimate of drug-likeness (QED) is 0.0471. The molecule has 1 aliphatic rings. The number of rotatable bonds is 40. The van der Waals surface area contributed by atoms with E-state index in [1.807, 2.05) is 0 Å². The Kier molecular flexibility index (Phi) is 30.3. The fourth-order valence-electron chi connectivity index (χ4n) is 10.7. The minimum Gasteiger partial charge on any atom is -0.493 e. The molecule has 2 nitrogen and oxygen atoms in total. The van der Waals surface area contributed by atoms with Crippen LogP contribution in [-0.4, -0.2) is 4.70 Å². The second kappa shape index (κ2) is 34.8. The van der Waals surface area contributed by atoms with E-state index >= 15 is 0 Å². The zero-order valence-electron chi connectivity index (χ0n) is 44.1. The highest BCUT2D eigenvalue weighted by Gasteiger charge is 2.36. The molecule has 2 aromatic carbocycles. The van der Waals surface area contributed by atoms with E-state index < -0.39 is 0 Å². The van der Waals surface area contributed by atoms with Crippen molar-refractivity contribution in [2.75, 3.05) is 0 Å². The molecule has 0 bridgehead atoms. The van der Waals surface area contributed by atoms with Crippen molar-refractivity contribution < 1.29 is 4.70 Å². The summed E-state index contributed by atoms with van der Waals surface area (Å²) in [6.07, 6.45) is 47.6. The first-order valence-electron chi connectivity index (χ1n) is 28.7. The highest BCUT2D eigenvalue weighted by Crippen LogP contribution is 2.46. The highest BCUT2D eigenvalue weighted by atomic mass is 15.2. The summed E-state index contributed by atoms with van der Waals surface area (Å²) >= 11 is 0. The molecule has 0 saturated heterocycles. The molecule has 362 valence electrons. The smallest absolute Gasteiger partial charge is 0.211 e. The van der Waals surface area contributed by atoms with Gasteiger partial charge in [0.25, 0.3) is 0 Å². The van der Waals surface area contributed by atoms with Crippen LogP contribution < -0.4 is 0 Å². The average molecular weight is 878 g/mol. The Morgan fingerprint density at radius 3 is 0.859 bits per heavy atom. The summed E-state index contributed by atoms with van der Waals surface area (Å²) in [5.41, 5.74) is 30.6. The summed E-state index contributed by atoms with van der Waals surface area (Å²) in [4.78, 5) is 0. The molecule has 3 rings (SSSR count). The number of hydrogen-bond acceptors (Lipinski definition) is 0. The molecule has 0 radical (unpaired) electrons. The number of hydrogen-bond donors (Lipinski definition) is 0. The van der Waals surface area contributed by atoms with E-state index in [4.69, 9.17) is 0 Å². The molecule has 0 N–H and O–H groups in total. The van der Waals surface area contributed by atoms with Gasteiger partial charge in [-0.25, -0.2) is 4.70 Å². The standard InChI is InChI=1S/C62H104N2/c1-9-17-25-30-32-37-45-59-60(46-38-33-31-26-18-10-2)62(64(63)61(59)55-47-51(39-22-14-6)57(43-24-16-8)52(48-55)40-23-15-7)56-49-53(41-34-27-19-11-3)58(44-36-29-21-13-5)54(50-56)42-35-28-20-12-4/h47-50H,9-46H2,1-8H3. The van der Waals surface area contributed by atoms with Crippen molar-refractivity contribution in [2.24, 2.45) is 0 Å². The van der Waals surface area contributed by atoms with E-state index in [0.717, 1.165) is 49.9 Å². The minimum absolute atomic E-state index is 1.06. The molecule has 0 fully saturated rings. The number of unbranched alkanes of at least 4 members (excludes halogenated alkanes) is 22. The number of aryl methyl sites for hydroxylation is 4. The van der Waals surface area contributed by atoms with Crippen LogP contribution >= 0.6 is 0 Å². The van der Waals surface area contributed by atoms with Crippen LogP contribution in [0.3, 0.4) is 0 Å². The maximum absolute atomic E-state index is 13.2. The van der Waals surface area contributed by atoms with E-state index in [9.17, 15) is 5.53 Å². The molecule has 0 aliphatic carbocycles. The topological polar surface area (TPSA) is 25.3 Å². The first-order valence-corrected chi connectivity index (χ1v) is 28.7. The predicted molar refractivity (Wildman–Crippen MR) is 286 cm³/mol. The van der Waals surface area contributed by atoms with E-state index in [1.54, 1.807) is 38.1 Å². The van der Waals surface area contributed by atoms with E-state index in [1.165, 1.54) is 228 Å². The minimum atomic E-state index is 1.06. The first kappa shape index (κ1) is 55.8. The van der Waals surface area contributed by atoms with Crippen LogP contribution in [0.25, 0.3) is 16.9 Å². The monoisotopic (exact) mass is 877 g/mol. The summed E-state index contributed by atoms with van der Waals surface area (Å²) in [6, 6.07) is 10.3. The molecule has 2 heteroatoms. The molecule has 2 aromatic rings. The van der Waals surface area contributed by atoms with Gasteiger partial charge < -0.3 is 5.53 Å². The zero-order chi connectivity index (χ0) is 46.2. The maximum Gasteiger partial charge on any atom is 0.211 e. The Morgan fingerprint density at radius 2 is 0.516 bits per heavy atom. The maximum atomic E-state index is 13.2. The Bertz CT molecular complexity index is 1570. The van der Waals surface area contributed by atoms with Gasteiger partial charge in [0.2, 0.25) is 11.4 Å². The van der Waals surface area contributed by atoms with E-state index in [-0.39, 0.29) is 0 Å². The molecule has 0 unspecified atom stereocenters. The molecule has 0 saturated carbocycles. The lowest BCUT2D eigenvalue weighted by molar-refractivity contribution is -0.345. The number of allylic oxidation sites excluding steroid dienone is 2. The normalized spacial score (nSPS) is 13.1. The molecule has 0 aromatic heterocycles. The van der Waals surface area contributed by atoms with E-state index in [0.29, 0.717) is 0 Å². The Labute approximate surface area is 399 Å². The van der Waals surface area contributed by atoms with Gasteiger partial charge in [0.05, 0.1) is 0 Å². The lowest BCUT2D eigenvalue weighted by atomic mass is 9.85. The van der Waals surface area contributed by atoms with Gasteiger partial charge in [-0.15, -0.1) is 0 Å². The molecule has 64 heavy (non-hydrogen) atoms. The van der Waals surface area contributed by atoms with E-state index in [2.05, 4.69) is 79.7 Å². The van der Waals surface area contributed by atoms with Gasteiger partial charge in [0.15, 0.2) is 0 Å². The summed E-state index contributed by atoms with van der Waals surface area (Å²) in [6.45, 7) is 18.7. The van der Waals surface area contributed by atoms with Crippen molar-refractivity contribution in [1.82, 2.24) is 0 Å². The summed E-state index contributed by atoms with van der Waals surface area (Å²) < 4.78 is 1.78. The van der Waals surface area contributed by atoms with Gasteiger partial charge in [-0.2, -0.15) is 0 Å². The predicted octanol–water partition coefficient (Wildman–Crippen LogP) is 20.8. The lowest BCUT2D eigenvalue weighted by Crippen LogP contribution is -2.09. The number of nitrogens with zero attached hydrogens (tertiary/aromatic N) is 2. The van der Waals surface area contributed by atoms with Crippen molar-refractivity contribution in [2.45, 2.75) is 299 Å². The van der Waals surface area contributed by atoms with Crippen LogP contribution in [0.5, 0.6) is 0 Å². The third-order valence-electron chi connectivity index (χ3n) is 14.6. The fourth-order valence-corrected chi connectivity index (χ4v) is 10.7. The van der Waals surface area contributed by atoms with Gasteiger partial charge in [0.1, 0.15) is 0 Å². The molecular weight excluding hydrogens is 773 g/mol. The van der Waals surface area contributed by atoms with Gasteiger partial charge in [-0.3, -0.25) is 0 Å². The van der Waals surface area contributed by atoms with Crippen LogP contribution in [-0.2, 0) is 38.5 Å². The third kappa shape index (κ3) is 19.0. The van der Waals surface area contributed by atoms with Crippen LogP contribution in [0.4, 0.5) is 0 Å². The van der Waals surface area contributed by atoms with Crippen molar-refractivity contribution in [3.05, 3.63) is 85.5 Å². The van der Waals surface area contributed by atoms with Crippen LogP contribution in [0.15, 0.2) is 35.4 Å². The van der Waals surface area contributed by atoms with Gasteiger partial charge >= 0.3 is 0 Å². The second-order valence-corrected chi connectivity index (χ2v) is 20.3. The molecule has 1 aliphatic heterocycles. The molecule has 0 atom stereocenters. The van der Waals surface area contributed by atoms with Crippen molar-refractivity contribution >= 4 is 11.4 Å². The SMILES string of the molecule is CCCCCCCCC1=C(c2cc(CCCC)c(CCCC)c(CCCC)c2)[N+](=[N-])C(c2cc(CCCCCC)c(CCCCCC)c(CCCCCC)c2)=C1CCCCCCCC. The van der Waals surface area contributed by atoms with Crippen molar-refractivity contribution in [1.29, 1.82) is 0 Å². The Hall–Kier alpha value is -2.48. The fraction of sp³-hybridized carbons (Fsp3) is 0.742. The lowest BCUT2D eigenvalue weighted by Gasteiger charge is -2.20. The zero-order valence-corrected chi connectivity index (χ0v) is 44.1. The number of benzene rings is 2. The molecule has 0 spiro atoms. The average Bonchev–Trinajstić information content (AvgIpc) is 3.58. The van der Waals surface area contributed by atoms with Crippen LogP contribution in [0.2, 0.25) is 0 Å². The molecule has 0 amide bonds. The van der Waals surface area contributed by atoms with Gasteiger partial charge in [-0.1, -0.05) is 197 Å². The third-order valence-corrected chi connectivity index (χ3v) is 14.6. The van der Waals surface area contributed by atoms with Crippen LogP contribution in [0, 0.1) is 0 Å². The molecule has 1 heterocycles. The van der Waals surface area contributed by atoms with Gasteiger partial charge in [-0.05, 0) is 160 Å². The largest absolute Gasteiger partial charge is 0.493 e. The Morgan fingerprint density at radius 1 is 0.281 bits per heavy atom. The van der Waals surface area contributed by atoms with Crippen molar-refractivity contribution in [3.63, 3.8) is 0 Å². The summed E-state index contributed by atoms with van der Waals surface area (Å²) in [5, 5.41) is 0. The first-order chi connectivity index (χ1) is 31.4. The second-order valence-electron chi connectivity index (χ2n) is 20.3. The summed E-state index contributed by atoms with van der Waals surface area (Å²) in [7, 11) is 0. The Balaban J connectivity index is 2.37. The van der Waals surface area contributed by atoms with Gasteiger partial charge in [0, 0.05) is 22.3 Å². The van der Waals surface area contributed by atoms with Crippen LogP contribution in [0.1, 0.15) is 305 Å².